The summed E-state index contributed by atoms with van der Waals surface area (Å²) in [4.78, 5) is 11.2. The van der Waals surface area contributed by atoms with Crippen LogP contribution in [0.25, 0.3) is 38.3 Å². The number of para-hydroxylation sites is 1. The molecule has 0 aliphatic carbocycles. The summed E-state index contributed by atoms with van der Waals surface area (Å²) in [6.45, 7) is 7.05. The summed E-state index contributed by atoms with van der Waals surface area (Å²) in [5.41, 5.74) is 4.05. The van der Waals surface area contributed by atoms with Gasteiger partial charge >= 0.3 is 0 Å². The molecule has 5 nitrogen and oxygen atoms in total. The molecule has 2 N–H and O–H groups in total. The highest BCUT2D eigenvalue weighted by molar-refractivity contribution is 5.93. The van der Waals surface area contributed by atoms with Crippen LogP contribution in [-0.2, 0) is 0 Å². The van der Waals surface area contributed by atoms with Gasteiger partial charge in [-0.25, -0.2) is 9.83 Å². The van der Waals surface area contributed by atoms with Crippen LogP contribution in [0, 0.1) is 6.57 Å². The molecule has 5 heteroatoms. The Labute approximate surface area is 114 Å². The first kappa shape index (κ1) is 10.8. The van der Waals surface area contributed by atoms with Crippen molar-refractivity contribution >= 4 is 27.6 Å². The number of hydrogen-bond donors (Lipinski definition) is 2. The minimum Gasteiger partial charge on any atom is -0.338 e. The predicted molar refractivity (Wildman–Crippen MR) is 77.4 cm³/mol. The van der Waals surface area contributed by atoms with Crippen LogP contribution in [0.5, 0.6) is 0 Å². The number of nitrogens with zero attached hydrogens (tertiary/aromatic N) is 3. The van der Waals surface area contributed by atoms with E-state index in [4.69, 9.17) is 6.57 Å². The van der Waals surface area contributed by atoms with Gasteiger partial charge in [0.2, 0.25) is 0 Å². The predicted octanol–water partition coefficient (Wildman–Crippen LogP) is 3.66. The number of aromatic nitrogens is 4. The molecule has 0 amide bonds. The fourth-order valence-electron chi connectivity index (χ4n) is 2.32. The molecule has 0 unspecified atom stereocenters. The molecular weight excluding hydrogens is 250 g/mol. The number of aromatic amines is 2. The minimum absolute atomic E-state index is 0.597. The van der Waals surface area contributed by atoms with Crippen molar-refractivity contribution in [1.29, 1.82) is 0 Å². The van der Waals surface area contributed by atoms with E-state index in [2.05, 4.69) is 25.0 Å². The summed E-state index contributed by atoms with van der Waals surface area (Å²) < 4.78 is 0. The molecular formula is C15H9N5. The smallest absolute Gasteiger partial charge is 0.189 e. The molecule has 0 bridgehead atoms. The first-order chi connectivity index (χ1) is 9.85. The maximum absolute atomic E-state index is 7.05. The fourth-order valence-corrected chi connectivity index (χ4v) is 2.32. The second-order valence-corrected chi connectivity index (χ2v) is 4.52. The van der Waals surface area contributed by atoms with Gasteiger partial charge in [0.15, 0.2) is 11.5 Å². The highest BCUT2D eigenvalue weighted by Gasteiger charge is 2.12. The van der Waals surface area contributed by atoms with Crippen LogP contribution in [0.15, 0.2) is 42.5 Å². The molecule has 20 heavy (non-hydrogen) atoms. The van der Waals surface area contributed by atoms with Crippen LogP contribution < -0.4 is 0 Å². The molecule has 2 aromatic carbocycles. The van der Waals surface area contributed by atoms with Crippen molar-refractivity contribution < 1.29 is 0 Å². The largest absolute Gasteiger partial charge is 0.338 e. The van der Waals surface area contributed by atoms with Gasteiger partial charge in [-0.1, -0.05) is 24.3 Å². The third-order valence-corrected chi connectivity index (χ3v) is 3.29. The molecule has 0 saturated carbocycles. The molecule has 0 atom stereocenters. The molecule has 4 aromatic rings. The van der Waals surface area contributed by atoms with E-state index in [1.165, 1.54) is 0 Å². The van der Waals surface area contributed by atoms with E-state index in [0.717, 1.165) is 27.6 Å². The number of hydrogen-bond acceptors (Lipinski definition) is 2. The number of nitrogens with one attached hydrogen (secondary N) is 2. The van der Waals surface area contributed by atoms with Crippen molar-refractivity contribution in [2.75, 3.05) is 0 Å². The van der Waals surface area contributed by atoms with Crippen molar-refractivity contribution in [3.8, 4) is 11.5 Å². The molecule has 2 heterocycles. The van der Waals surface area contributed by atoms with Crippen LogP contribution >= 0.6 is 0 Å². The molecule has 0 aliphatic heterocycles. The summed E-state index contributed by atoms with van der Waals surface area (Å²) >= 11 is 0. The van der Waals surface area contributed by atoms with Gasteiger partial charge in [0.1, 0.15) is 5.69 Å². The van der Waals surface area contributed by atoms with E-state index in [1.807, 2.05) is 30.3 Å². The van der Waals surface area contributed by atoms with Crippen molar-refractivity contribution in [2.24, 2.45) is 0 Å². The van der Waals surface area contributed by atoms with Crippen molar-refractivity contribution in [1.82, 2.24) is 20.2 Å². The Morgan fingerprint density at radius 2 is 1.95 bits per heavy atom. The average molecular weight is 259 g/mol. The SMILES string of the molecule is [C-]#[N+]c1ccc2nc(-c3n[nH]c4ccccc34)[nH]c2c1. The maximum Gasteiger partial charge on any atom is 0.189 e. The van der Waals surface area contributed by atoms with Gasteiger partial charge in [-0.05, 0) is 18.2 Å². The lowest BCUT2D eigenvalue weighted by molar-refractivity contribution is 1.11. The van der Waals surface area contributed by atoms with E-state index in [-0.39, 0.29) is 0 Å². The van der Waals surface area contributed by atoms with Crippen LogP contribution in [0.4, 0.5) is 5.69 Å². The zero-order chi connectivity index (χ0) is 13.5. The topological polar surface area (TPSA) is 61.7 Å². The fraction of sp³-hybridized carbons (Fsp3) is 0. The molecule has 0 aliphatic rings. The van der Waals surface area contributed by atoms with Crippen LogP contribution in [0.2, 0.25) is 0 Å². The molecule has 0 saturated heterocycles. The summed E-state index contributed by atoms with van der Waals surface area (Å²) in [6.07, 6.45) is 0. The minimum atomic E-state index is 0.597. The Bertz CT molecular complexity index is 971. The Balaban J connectivity index is 1.96. The highest BCUT2D eigenvalue weighted by Crippen LogP contribution is 2.27. The number of fused-ring (bicyclic) bond motifs is 2. The van der Waals surface area contributed by atoms with Gasteiger partial charge < -0.3 is 4.98 Å². The zero-order valence-corrected chi connectivity index (χ0v) is 10.4. The number of benzene rings is 2. The molecule has 4 rings (SSSR count). The van der Waals surface area contributed by atoms with E-state index >= 15 is 0 Å². The first-order valence-electron chi connectivity index (χ1n) is 6.16. The molecule has 2 aromatic heterocycles. The van der Waals surface area contributed by atoms with E-state index in [0.29, 0.717) is 11.5 Å². The lowest BCUT2D eigenvalue weighted by Gasteiger charge is -1.91. The third-order valence-electron chi connectivity index (χ3n) is 3.29. The normalized spacial score (nSPS) is 10.9. The van der Waals surface area contributed by atoms with E-state index in [1.54, 1.807) is 12.1 Å². The molecule has 0 fully saturated rings. The Morgan fingerprint density at radius 3 is 2.85 bits per heavy atom. The Kier molecular flexibility index (Phi) is 2.12. The maximum atomic E-state index is 7.05. The third kappa shape index (κ3) is 1.49. The van der Waals surface area contributed by atoms with Crippen LogP contribution in [0.3, 0.4) is 0 Å². The van der Waals surface area contributed by atoms with Gasteiger partial charge in [-0.3, -0.25) is 5.10 Å². The Hall–Kier alpha value is -3.13. The summed E-state index contributed by atoms with van der Waals surface area (Å²) in [5, 5.41) is 8.34. The van der Waals surface area contributed by atoms with Crippen molar-refractivity contribution in [3.63, 3.8) is 0 Å². The summed E-state index contributed by atoms with van der Waals surface area (Å²) in [7, 11) is 0. The number of rotatable bonds is 1. The molecule has 0 radical (unpaired) electrons. The van der Waals surface area contributed by atoms with Gasteiger partial charge in [-0.2, -0.15) is 5.10 Å². The Morgan fingerprint density at radius 1 is 1.05 bits per heavy atom. The highest BCUT2D eigenvalue weighted by atomic mass is 15.1. The van der Waals surface area contributed by atoms with Gasteiger partial charge in [0.05, 0.1) is 23.1 Å². The van der Waals surface area contributed by atoms with E-state index in [9.17, 15) is 0 Å². The van der Waals surface area contributed by atoms with Crippen LogP contribution in [-0.4, -0.2) is 20.2 Å². The summed E-state index contributed by atoms with van der Waals surface area (Å²) in [5.74, 6) is 0.708. The average Bonchev–Trinajstić information content (AvgIpc) is 3.09. The second kappa shape index (κ2) is 3.93. The van der Waals surface area contributed by atoms with Gasteiger partial charge in [0.25, 0.3) is 0 Å². The first-order valence-corrected chi connectivity index (χ1v) is 6.16. The molecule has 0 spiro atoms. The van der Waals surface area contributed by atoms with Crippen molar-refractivity contribution in [2.45, 2.75) is 0 Å². The number of H-pyrrole nitrogens is 2. The van der Waals surface area contributed by atoms with Crippen LogP contribution in [0.1, 0.15) is 0 Å². The monoisotopic (exact) mass is 259 g/mol. The van der Waals surface area contributed by atoms with Gasteiger partial charge in [0, 0.05) is 5.39 Å². The second-order valence-electron chi connectivity index (χ2n) is 4.52. The number of imidazole rings is 1. The lowest BCUT2D eigenvalue weighted by atomic mass is 10.2. The standard InChI is InChI=1S/C15H9N5/c1-16-9-6-7-12-13(8-9)18-15(17-12)14-10-4-2-3-5-11(10)19-20-14/h2-8H,(H,17,18)(H,19,20). The molecule has 94 valence electrons. The van der Waals surface area contributed by atoms with E-state index < -0.39 is 0 Å². The quantitative estimate of drug-likeness (QED) is 0.512. The van der Waals surface area contributed by atoms with Gasteiger partial charge in [-0.15, -0.1) is 0 Å². The summed E-state index contributed by atoms with van der Waals surface area (Å²) in [6, 6.07) is 13.3. The lowest BCUT2D eigenvalue weighted by Crippen LogP contribution is -1.80. The van der Waals surface area contributed by atoms with Crippen molar-refractivity contribution in [3.05, 3.63) is 53.9 Å². The zero-order valence-electron chi connectivity index (χ0n) is 10.4.